The van der Waals surface area contributed by atoms with Crippen molar-refractivity contribution in [3.8, 4) is 11.4 Å². The molecule has 0 saturated heterocycles. The second-order valence-corrected chi connectivity index (χ2v) is 7.85. The van der Waals surface area contributed by atoms with Crippen LogP contribution in [0.2, 0.25) is 0 Å². The van der Waals surface area contributed by atoms with Gasteiger partial charge in [0, 0.05) is 12.2 Å². The van der Waals surface area contributed by atoms with E-state index in [-0.39, 0.29) is 11.7 Å². The molecule has 0 bridgehead atoms. The van der Waals surface area contributed by atoms with Crippen LogP contribution < -0.4 is 15.4 Å². The van der Waals surface area contributed by atoms with Gasteiger partial charge in [0.2, 0.25) is 5.91 Å². The molecule has 0 aliphatic rings. The first-order valence-corrected chi connectivity index (χ1v) is 10.9. The summed E-state index contributed by atoms with van der Waals surface area (Å²) in [5, 5.41) is 15.7. The van der Waals surface area contributed by atoms with E-state index in [0.717, 1.165) is 28.3 Å². The number of thioether (sulfide) groups is 1. The predicted molar refractivity (Wildman–Crippen MR) is 125 cm³/mol. The van der Waals surface area contributed by atoms with E-state index in [4.69, 9.17) is 4.74 Å². The topological polar surface area (TPSA) is 81.1 Å². The van der Waals surface area contributed by atoms with Gasteiger partial charge in [-0.25, -0.2) is 0 Å². The highest BCUT2D eigenvalue weighted by Gasteiger charge is 2.18. The highest BCUT2D eigenvalue weighted by molar-refractivity contribution is 7.99. The second-order valence-electron chi connectivity index (χ2n) is 6.91. The molecular formula is C23H27N5O2S. The number of nitrogens with one attached hydrogen (secondary N) is 2. The SMILES string of the molecule is C=CCNC(=O)CSc1nnc(CNc2c(C)cccc2C)n1-c1ccccc1OC. The Kier molecular flexibility index (Phi) is 7.72. The summed E-state index contributed by atoms with van der Waals surface area (Å²) in [5.74, 6) is 1.57. The molecule has 31 heavy (non-hydrogen) atoms. The van der Waals surface area contributed by atoms with Gasteiger partial charge in [0.25, 0.3) is 0 Å². The molecule has 0 saturated carbocycles. The third-order valence-corrected chi connectivity index (χ3v) is 5.64. The first-order valence-electron chi connectivity index (χ1n) is 9.93. The van der Waals surface area contributed by atoms with Gasteiger partial charge in [-0.3, -0.25) is 9.36 Å². The number of aromatic nitrogens is 3. The number of benzene rings is 2. The fraction of sp³-hybridized carbons (Fsp3) is 0.261. The fourth-order valence-electron chi connectivity index (χ4n) is 3.19. The molecule has 0 radical (unpaired) electrons. The van der Waals surface area contributed by atoms with Crippen molar-refractivity contribution >= 4 is 23.4 Å². The van der Waals surface area contributed by atoms with E-state index in [9.17, 15) is 4.79 Å². The molecule has 0 unspecified atom stereocenters. The molecule has 0 aliphatic carbocycles. The maximum Gasteiger partial charge on any atom is 0.230 e. The summed E-state index contributed by atoms with van der Waals surface area (Å²) in [6, 6.07) is 13.9. The standard InChI is InChI=1S/C23H27N5O2S/c1-5-13-24-21(29)15-31-23-27-26-20(14-25-22-16(2)9-8-10-17(22)3)28(23)18-11-6-7-12-19(18)30-4/h5-12,25H,1,13-15H2,2-4H3,(H,24,29). The second kappa shape index (κ2) is 10.7. The van der Waals surface area contributed by atoms with E-state index in [1.165, 1.54) is 11.8 Å². The average Bonchev–Trinajstić information content (AvgIpc) is 3.18. The minimum absolute atomic E-state index is 0.0883. The molecule has 2 N–H and O–H groups in total. The van der Waals surface area contributed by atoms with Crippen molar-refractivity contribution in [2.45, 2.75) is 25.5 Å². The van der Waals surface area contributed by atoms with Gasteiger partial charge < -0.3 is 15.4 Å². The number of hydrogen-bond acceptors (Lipinski definition) is 6. The van der Waals surface area contributed by atoms with Crippen molar-refractivity contribution in [1.29, 1.82) is 0 Å². The lowest BCUT2D eigenvalue weighted by Gasteiger charge is -2.16. The minimum atomic E-state index is -0.0883. The number of anilines is 1. The number of nitrogens with zero attached hydrogens (tertiary/aromatic N) is 3. The Morgan fingerprint density at radius 3 is 2.61 bits per heavy atom. The molecule has 2 aromatic carbocycles. The van der Waals surface area contributed by atoms with Gasteiger partial charge in [-0.15, -0.1) is 16.8 Å². The Hall–Kier alpha value is -3.26. The Morgan fingerprint density at radius 2 is 1.90 bits per heavy atom. The van der Waals surface area contributed by atoms with Crippen LogP contribution in [-0.4, -0.2) is 40.1 Å². The molecule has 0 atom stereocenters. The van der Waals surface area contributed by atoms with Gasteiger partial charge in [0.15, 0.2) is 11.0 Å². The van der Waals surface area contributed by atoms with Crippen LogP contribution in [0.25, 0.3) is 5.69 Å². The summed E-state index contributed by atoms with van der Waals surface area (Å²) in [6.07, 6.45) is 1.65. The molecule has 7 nitrogen and oxygen atoms in total. The van der Waals surface area contributed by atoms with E-state index in [0.29, 0.717) is 24.0 Å². The number of carbonyl (C=O) groups excluding carboxylic acids is 1. The van der Waals surface area contributed by atoms with Gasteiger partial charge >= 0.3 is 0 Å². The maximum atomic E-state index is 12.1. The first kappa shape index (κ1) is 22.4. The normalized spacial score (nSPS) is 10.5. The van der Waals surface area contributed by atoms with Gasteiger partial charge in [-0.05, 0) is 37.1 Å². The zero-order valence-corrected chi connectivity index (χ0v) is 18.8. The zero-order valence-electron chi connectivity index (χ0n) is 18.0. The third kappa shape index (κ3) is 5.46. The predicted octanol–water partition coefficient (Wildman–Crippen LogP) is 3.90. The van der Waals surface area contributed by atoms with E-state index in [2.05, 4.69) is 53.4 Å². The molecule has 0 aliphatic heterocycles. The van der Waals surface area contributed by atoms with Crippen molar-refractivity contribution < 1.29 is 9.53 Å². The smallest absolute Gasteiger partial charge is 0.230 e. The van der Waals surface area contributed by atoms with Crippen molar-refractivity contribution in [2.24, 2.45) is 0 Å². The van der Waals surface area contributed by atoms with E-state index < -0.39 is 0 Å². The van der Waals surface area contributed by atoms with Crippen molar-refractivity contribution in [1.82, 2.24) is 20.1 Å². The van der Waals surface area contributed by atoms with Crippen LogP contribution in [0.4, 0.5) is 5.69 Å². The van der Waals surface area contributed by atoms with E-state index in [1.807, 2.05) is 34.9 Å². The monoisotopic (exact) mass is 437 g/mol. The number of aryl methyl sites for hydroxylation is 2. The summed E-state index contributed by atoms with van der Waals surface area (Å²) in [6.45, 7) is 8.67. The molecule has 0 spiro atoms. The molecule has 3 rings (SSSR count). The molecule has 8 heteroatoms. The fourth-order valence-corrected chi connectivity index (χ4v) is 3.99. The average molecular weight is 438 g/mol. The summed E-state index contributed by atoms with van der Waals surface area (Å²) in [7, 11) is 1.63. The van der Waals surface area contributed by atoms with Crippen LogP contribution in [0.3, 0.4) is 0 Å². The maximum absolute atomic E-state index is 12.1. The quantitative estimate of drug-likeness (QED) is 0.370. The Morgan fingerprint density at radius 1 is 1.16 bits per heavy atom. The summed E-state index contributed by atoms with van der Waals surface area (Å²) < 4.78 is 7.50. The van der Waals surface area contributed by atoms with Crippen molar-refractivity contribution in [2.75, 3.05) is 24.7 Å². The van der Waals surface area contributed by atoms with Gasteiger partial charge in [0.1, 0.15) is 5.75 Å². The van der Waals surface area contributed by atoms with Crippen LogP contribution >= 0.6 is 11.8 Å². The zero-order chi connectivity index (χ0) is 22.2. The minimum Gasteiger partial charge on any atom is -0.495 e. The van der Waals surface area contributed by atoms with Crippen LogP contribution in [0.15, 0.2) is 60.3 Å². The lowest BCUT2D eigenvalue weighted by atomic mass is 10.1. The Bertz CT molecular complexity index is 1040. The number of rotatable bonds is 10. The van der Waals surface area contributed by atoms with Gasteiger partial charge in [-0.2, -0.15) is 0 Å². The summed E-state index contributed by atoms with van der Waals surface area (Å²) in [4.78, 5) is 12.1. The number of ether oxygens (including phenoxy) is 1. The number of carbonyl (C=O) groups is 1. The van der Waals surface area contributed by atoms with Crippen LogP contribution in [0, 0.1) is 13.8 Å². The molecule has 3 aromatic rings. The molecule has 0 fully saturated rings. The van der Waals surface area contributed by atoms with Crippen LogP contribution in [0.1, 0.15) is 17.0 Å². The molecular weight excluding hydrogens is 410 g/mol. The first-order chi connectivity index (χ1) is 15.0. The highest BCUT2D eigenvalue weighted by atomic mass is 32.2. The largest absolute Gasteiger partial charge is 0.495 e. The number of methoxy groups -OCH3 is 1. The highest BCUT2D eigenvalue weighted by Crippen LogP contribution is 2.29. The lowest BCUT2D eigenvalue weighted by molar-refractivity contribution is -0.118. The molecule has 1 aromatic heterocycles. The Balaban J connectivity index is 1.91. The molecule has 1 heterocycles. The van der Waals surface area contributed by atoms with Crippen LogP contribution in [-0.2, 0) is 11.3 Å². The van der Waals surface area contributed by atoms with Crippen LogP contribution in [0.5, 0.6) is 5.75 Å². The molecule has 162 valence electrons. The van der Waals surface area contributed by atoms with E-state index >= 15 is 0 Å². The third-order valence-electron chi connectivity index (χ3n) is 4.71. The number of para-hydroxylation sites is 3. The Labute approximate surface area is 186 Å². The number of amides is 1. The van der Waals surface area contributed by atoms with Crippen molar-refractivity contribution in [3.05, 3.63) is 72.1 Å². The lowest BCUT2D eigenvalue weighted by Crippen LogP contribution is -2.25. The summed E-state index contributed by atoms with van der Waals surface area (Å²) in [5.41, 5.74) is 4.23. The molecule has 1 amide bonds. The van der Waals surface area contributed by atoms with Gasteiger partial charge in [-0.1, -0.05) is 48.2 Å². The van der Waals surface area contributed by atoms with E-state index in [1.54, 1.807) is 13.2 Å². The summed E-state index contributed by atoms with van der Waals surface area (Å²) >= 11 is 1.33. The number of hydrogen-bond donors (Lipinski definition) is 2. The van der Waals surface area contributed by atoms with Crippen molar-refractivity contribution in [3.63, 3.8) is 0 Å². The van der Waals surface area contributed by atoms with Gasteiger partial charge in [0.05, 0.1) is 25.1 Å².